The van der Waals surface area contributed by atoms with E-state index in [0.717, 1.165) is 30.0 Å². The Labute approximate surface area is 171 Å². The minimum atomic E-state index is -1.18. The summed E-state index contributed by atoms with van der Waals surface area (Å²) in [5.41, 5.74) is -0.174. The molecule has 2 N–H and O–H groups in total. The predicted molar refractivity (Wildman–Crippen MR) is 108 cm³/mol. The second-order valence-corrected chi connectivity index (χ2v) is 9.06. The number of urea groups is 1. The third-order valence-corrected chi connectivity index (χ3v) is 5.64. The van der Waals surface area contributed by atoms with E-state index in [1.807, 2.05) is 0 Å². The number of nitrogens with zero attached hydrogens (tertiary/aromatic N) is 2. The summed E-state index contributed by atoms with van der Waals surface area (Å²) < 4.78 is 6.86. The van der Waals surface area contributed by atoms with Crippen LogP contribution in [0.5, 0.6) is 0 Å². The van der Waals surface area contributed by atoms with E-state index < -0.39 is 29.6 Å². The molecule has 29 heavy (non-hydrogen) atoms. The maximum absolute atomic E-state index is 12.7. The largest absolute Gasteiger partial charge is 0.448 e. The summed E-state index contributed by atoms with van der Waals surface area (Å²) in [7, 11) is 0. The minimum Gasteiger partial charge on any atom is -0.448 e. The molecule has 0 bridgehead atoms. The van der Waals surface area contributed by atoms with E-state index in [0.29, 0.717) is 22.3 Å². The van der Waals surface area contributed by atoms with Crippen LogP contribution in [0.4, 0.5) is 4.79 Å². The Morgan fingerprint density at radius 2 is 1.97 bits per heavy atom. The highest BCUT2D eigenvalue weighted by molar-refractivity contribution is 7.20. The first-order valence-electron chi connectivity index (χ1n) is 9.34. The fourth-order valence-electron chi connectivity index (χ4n) is 3.12. The maximum atomic E-state index is 12.7. The minimum absolute atomic E-state index is 0.153. The molecule has 0 spiro atoms. The quantitative estimate of drug-likeness (QED) is 0.732. The molecule has 0 fully saturated rings. The average molecular weight is 420 g/mol. The number of carbonyl (C=O) groups is 3. The summed E-state index contributed by atoms with van der Waals surface area (Å²) in [4.78, 5) is 54.5. The molecule has 0 saturated carbocycles. The number of ether oxygens (including phenoxy) is 1. The van der Waals surface area contributed by atoms with Gasteiger partial charge in [0.25, 0.3) is 11.5 Å². The van der Waals surface area contributed by atoms with Crippen molar-refractivity contribution in [1.29, 1.82) is 0 Å². The van der Waals surface area contributed by atoms with Crippen LogP contribution in [0.25, 0.3) is 10.2 Å². The normalized spacial score (nSPS) is 14.4. The monoisotopic (exact) mass is 420 g/mol. The highest BCUT2D eigenvalue weighted by Crippen LogP contribution is 2.29. The molecule has 2 aromatic rings. The lowest BCUT2D eigenvalue weighted by molar-refractivity contribution is -0.127. The van der Waals surface area contributed by atoms with E-state index >= 15 is 0 Å². The highest BCUT2D eigenvalue weighted by atomic mass is 32.1. The lowest BCUT2D eigenvalue weighted by atomic mass is 10.1. The number of hydrogen-bond acceptors (Lipinski definition) is 7. The summed E-state index contributed by atoms with van der Waals surface area (Å²) in [6, 6.07) is -0.671. The van der Waals surface area contributed by atoms with Crippen LogP contribution < -0.4 is 16.2 Å². The third kappa shape index (κ3) is 4.31. The second kappa shape index (κ2) is 7.58. The standard InChI is InChI=1S/C19H24N4O5S/c1-9-12-15(20-11-7-6-8-23(11)16(12)25)29-13(9)17(26)28-10(2)14(24)21-18(27)22-19(3,4)5/h10H,6-8H2,1-5H3,(H2,21,22,24,27)/t10-/m0/s1. The first-order valence-corrected chi connectivity index (χ1v) is 10.2. The molecule has 0 aliphatic carbocycles. The molecule has 10 heteroatoms. The summed E-state index contributed by atoms with van der Waals surface area (Å²) in [5.74, 6) is -0.744. The molecule has 1 atom stereocenters. The van der Waals surface area contributed by atoms with E-state index in [2.05, 4.69) is 15.6 Å². The lowest BCUT2D eigenvalue weighted by Gasteiger charge is -2.21. The fourth-order valence-corrected chi connectivity index (χ4v) is 4.20. The number of amides is 3. The van der Waals surface area contributed by atoms with Crippen LogP contribution in [0, 0.1) is 6.92 Å². The molecular formula is C19H24N4O5S. The van der Waals surface area contributed by atoms with Gasteiger partial charge in [-0.15, -0.1) is 11.3 Å². The van der Waals surface area contributed by atoms with Crippen LogP contribution in [-0.4, -0.2) is 39.1 Å². The summed E-state index contributed by atoms with van der Waals surface area (Å²) in [6.45, 7) is 9.00. The molecule has 156 valence electrons. The Bertz CT molecular complexity index is 1060. The molecule has 1 aliphatic heterocycles. The SMILES string of the molecule is Cc1c(C(=O)O[C@@H](C)C(=O)NC(=O)NC(C)(C)C)sc2nc3n(c(=O)c12)CCC3. The van der Waals surface area contributed by atoms with E-state index in [-0.39, 0.29) is 10.4 Å². The van der Waals surface area contributed by atoms with Crippen molar-refractivity contribution in [1.82, 2.24) is 20.2 Å². The second-order valence-electron chi connectivity index (χ2n) is 8.07. The van der Waals surface area contributed by atoms with E-state index in [1.165, 1.54) is 6.92 Å². The summed E-state index contributed by atoms with van der Waals surface area (Å²) >= 11 is 1.08. The molecule has 3 heterocycles. The van der Waals surface area contributed by atoms with Crippen LogP contribution in [0.15, 0.2) is 4.79 Å². The van der Waals surface area contributed by atoms with Gasteiger partial charge in [-0.25, -0.2) is 14.6 Å². The number of nitrogens with one attached hydrogen (secondary N) is 2. The van der Waals surface area contributed by atoms with Crippen molar-refractivity contribution in [2.75, 3.05) is 0 Å². The van der Waals surface area contributed by atoms with Gasteiger partial charge in [-0.05, 0) is 46.6 Å². The van der Waals surface area contributed by atoms with Gasteiger partial charge in [-0.3, -0.25) is 19.5 Å². The van der Waals surface area contributed by atoms with Crippen molar-refractivity contribution in [2.45, 2.75) is 65.6 Å². The molecule has 9 nitrogen and oxygen atoms in total. The first-order chi connectivity index (χ1) is 13.5. The van der Waals surface area contributed by atoms with Gasteiger partial charge in [0, 0.05) is 18.5 Å². The molecule has 0 unspecified atom stereocenters. The number of hydrogen-bond donors (Lipinski definition) is 2. The zero-order valence-electron chi connectivity index (χ0n) is 17.0. The Kier molecular flexibility index (Phi) is 5.48. The molecule has 0 aromatic carbocycles. The van der Waals surface area contributed by atoms with Crippen LogP contribution in [-0.2, 0) is 22.5 Å². The van der Waals surface area contributed by atoms with Gasteiger partial charge < -0.3 is 10.1 Å². The molecular weight excluding hydrogens is 396 g/mol. The maximum Gasteiger partial charge on any atom is 0.349 e. The number of fused-ring (bicyclic) bond motifs is 2. The van der Waals surface area contributed by atoms with Crippen LogP contribution in [0.2, 0.25) is 0 Å². The lowest BCUT2D eigenvalue weighted by Crippen LogP contribution is -2.50. The summed E-state index contributed by atoms with van der Waals surface area (Å²) in [5, 5.41) is 5.15. The van der Waals surface area contributed by atoms with Crippen molar-refractivity contribution >= 4 is 39.5 Å². The molecule has 3 rings (SSSR count). The predicted octanol–water partition coefficient (Wildman–Crippen LogP) is 1.88. The Morgan fingerprint density at radius 1 is 1.28 bits per heavy atom. The van der Waals surface area contributed by atoms with E-state index in [4.69, 9.17) is 4.74 Å². The molecule has 0 saturated heterocycles. The van der Waals surface area contributed by atoms with Gasteiger partial charge in [0.15, 0.2) is 6.10 Å². The Balaban J connectivity index is 1.75. The van der Waals surface area contributed by atoms with Gasteiger partial charge >= 0.3 is 12.0 Å². The number of imide groups is 1. The van der Waals surface area contributed by atoms with Crippen molar-refractivity contribution in [3.63, 3.8) is 0 Å². The van der Waals surface area contributed by atoms with Gasteiger partial charge in [0.05, 0.1) is 5.39 Å². The van der Waals surface area contributed by atoms with Gasteiger partial charge in [0.1, 0.15) is 15.5 Å². The number of esters is 1. The van der Waals surface area contributed by atoms with Gasteiger partial charge in [0.2, 0.25) is 0 Å². The molecule has 3 amide bonds. The van der Waals surface area contributed by atoms with Crippen molar-refractivity contribution < 1.29 is 19.1 Å². The van der Waals surface area contributed by atoms with Gasteiger partial charge in [-0.2, -0.15) is 0 Å². The fraction of sp³-hybridized carbons (Fsp3) is 0.526. The average Bonchev–Trinajstić information content (AvgIpc) is 3.18. The zero-order valence-corrected chi connectivity index (χ0v) is 17.9. The number of aromatic nitrogens is 2. The third-order valence-electron chi connectivity index (χ3n) is 4.48. The van der Waals surface area contributed by atoms with Crippen molar-refractivity contribution in [3.05, 3.63) is 26.6 Å². The van der Waals surface area contributed by atoms with E-state index in [9.17, 15) is 19.2 Å². The zero-order chi connectivity index (χ0) is 21.5. The van der Waals surface area contributed by atoms with Crippen LogP contribution in [0.3, 0.4) is 0 Å². The topological polar surface area (TPSA) is 119 Å². The summed E-state index contributed by atoms with van der Waals surface area (Å²) in [6.07, 6.45) is 0.426. The van der Waals surface area contributed by atoms with E-state index in [1.54, 1.807) is 32.3 Å². The molecule has 1 aliphatic rings. The number of carbonyl (C=O) groups excluding carboxylic acids is 3. The smallest absolute Gasteiger partial charge is 0.349 e. The highest BCUT2D eigenvalue weighted by Gasteiger charge is 2.27. The molecule has 2 aromatic heterocycles. The Morgan fingerprint density at radius 3 is 2.62 bits per heavy atom. The van der Waals surface area contributed by atoms with Crippen molar-refractivity contribution in [3.8, 4) is 0 Å². The van der Waals surface area contributed by atoms with Crippen molar-refractivity contribution in [2.24, 2.45) is 0 Å². The number of aryl methyl sites for hydroxylation is 2. The number of rotatable bonds is 3. The van der Waals surface area contributed by atoms with Crippen LogP contribution in [0.1, 0.15) is 55.2 Å². The number of thiophene rings is 1. The van der Waals surface area contributed by atoms with Gasteiger partial charge in [-0.1, -0.05) is 0 Å². The Hall–Kier alpha value is -2.75. The first kappa shape index (κ1) is 21.0. The van der Waals surface area contributed by atoms with Crippen LogP contribution >= 0.6 is 11.3 Å². The molecule has 0 radical (unpaired) electrons.